The fourth-order valence-electron chi connectivity index (χ4n) is 2.95. The molecule has 2 atom stereocenters. The zero-order valence-electron chi connectivity index (χ0n) is 13.2. The molecule has 6 heteroatoms. The smallest absolute Gasteiger partial charge is 0.313 e. The molecule has 0 radical (unpaired) electrons. The molecule has 2 aromatic carbocycles. The second kappa shape index (κ2) is 6.70. The van der Waals surface area contributed by atoms with Crippen LogP contribution in [-0.2, 0) is 16.0 Å². The fraction of sp³-hybridized carbons (Fsp3) is 0.278. The minimum absolute atomic E-state index is 0.00360. The summed E-state index contributed by atoms with van der Waals surface area (Å²) in [5.41, 5.74) is 2.01. The normalized spacial score (nSPS) is 18.7. The summed E-state index contributed by atoms with van der Waals surface area (Å²) >= 11 is 0. The van der Waals surface area contributed by atoms with Gasteiger partial charge in [0.25, 0.3) is 5.69 Å². The number of hydrogen-bond donors (Lipinski definition) is 0. The largest absolute Gasteiger partial charge is 0.485 e. The van der Waals surface area contributed by atoms with Crippen LogP contribution in [-0.4, -0.2) is 17.5 Å². The van der Waals surface area contributed by atoms with Crippen molar-refractivity contribution < 1.29 is 19.2 Å². The van der Waals surface area contributed by atoms with Gasteiger partial charge in [-0.2, -0.15) is 0 Å². The molecule has 0 fully saturated rings. The Morgan fingerprint density at radius 2 is 1.92 bits per heavy atom. The Kier molecular flexibility index (Phi) is 4.46. The topological polar surface area (TPSA) is 78.7 Å². The minimum atomic E-state index is -0.462. The highest BCUT2D eigenvalue weighted by Gasteiger charge is 2.39. The lowest BCUT2D eigenvalue weighted by atomic mass is 10.0. The van der Waals surface area contributed by atoms with Crippen molar-refractivity contribution in [2.45, 2.75) is 19.4 Å². The van der Waals surface area contributed by atoms with Crippen LogP contribution in [0.4, 0.5) is 5.69 Å². The van der Waals surface area contributed by atoms with Gasteiger partial charge in [-0.05, 0) is 36.6 Å². The van der Waals surface area contributed by atoms with E-state index < -0.39 is 16.9 Å². The lowest BCUT2D eigenvalue weighted by molar-refractivity contribution is -0.384. The molecule has 0 N–H and O–H groups in total. The first-order valence-electron chi connectivity index (χ1n) is 7.75. The van der Waals surface area contributed by atoms with E-state index >= 15 is 0 Å². The molecule has 0 heterocycles. The van der Waals surface area contributed by atoms with E-state index in [2.05, 4.69) is 0 Å². The summed E-state index contributed by atoms with van der Waals surface area (Å²) in [5, 5.41) is 10.7. The van der Waals surface area contributed by atoms with Crippen LogP contribution in [0.2, 0.25) is 0 Å². The molecule has 0 aliphatic heterocycles. The molecule has 2 unspecified atom stereocenters. The molecule has 2 aromatic rings. The van der Waals surface area contributed by atoms with E-state index in [1.165, 1.54) is 12.1 Å². The quantitative estimate of drug-likeness (QED) is 0.477. The van der Waals surface area contributed by atoms with Crippen molar-refractivity contribution in [3.63, 3.8) is 0 Å². The molecule has 6 nitrogen and oxygen atoms in total. The number of nitrogens with zero attached hydrogens (tertiary/aromatic N) is 1. The Morgan fingerprint density at radius 1 is 1.21 bits per heavy atom. The van der Waals surface area contributed by atoms with Gasteiger partial charge < -0.3 is 9.47 Å². The molecule has 0 saturated heterocycles. The third-order valence-electron chi connectivity index (χ3n) is 4.07. The first-order chi connectivity index (χ1) is 11.6. The minimum Gasteiger partial charge on any atom is -0.485 e. The van der Waals surface area contributed by atoms with E-state index in [1.807, 2.05) is 24.3 Å². The number of non-ortho nitro benzene ring substituents is 1. The van der Waals surface area contributed by atoms with E-state index in [0.29, 0.717) is 18.8 Å². The third-order valence-corrected chi connectivity index (χ3v) is 4.07. The van der Waals surface area contributed by atoms with E-state index in [4.69, 9.17) is 9.47 Å². The van der Waals surface area contributed by atoms with E-state index in [0.717, 1.165) is 11.1 Å². The van der Waals surface area contributed by atoms with Gasteiger partial charge >= 0.3 is 5.97 Å². The van der Waals surface area contributed by atoms with Crippen LogP contribution in [0.25, 0.3) is 0 Å². The molecule has 0 bridgehead atoms. The maximum Gasteiger partial charge on any atom is 0.313 e. The number of benzene rings is 2. The van der Waals surface area contributed by atoms with Crippen LogP contribution >= 0.6 is 0 Å². The summed E-state index contributed by atoms with van der Waals surface area (Å²) in [5.74, 6) is -0.227. The molecule has 0 amide bonds. The van der Waals surface area contributed by atoms with Gasteiger partial charge in [-0.15, -0.1) is 0 Å². The predicted molar refractivity (Wildman–Crippen MR) is 86.7 cm³/mol. The van der Waals surface area contributed by atoms with Crippen molar-refractivity contribution in [1.29, 1.82) is 0 Å². The molecule has 24 heavy (non-hydrogen) atoms. The summed E-state index contributed by atoms with van der Waals surface area (Å²) in [6, 6.07) is 13.6. The highest BCUT2D eigenvalue weighted by Crippen LogP contribution is 2.40. The second-order valence-electron chi connectivity index (χ2n) is 5.55. The van der Waals surface area contributed by atoms with Crippen LogP contribution in [0.1, 0.15) is 24.2 Å². The van der Waals surface area contributed by atoms with Crippen molar-refractivity contribution in [3.8, 4) is 5.75 Å². The van der Waals surface area contributed by atoms with Crippen molar-refractivity contribution in [2.75, 3.05) is 6.61 Å². The number of ether oxygens (including phenoxy) is 2. The van der Waals surface area contributed by atoms with E-state index in [-0.39, 0.29) is 11.7 Å². The number of carbonyl (C=O) groups is 1. The first-order valence-corrected chi connectivity index (χ1v) is 7.75. The van der Waals surface area contributed by atoms with Gasteiger partial charge in [-0.1, -0.05) is 24.3 Å². The molecular formula is C18H17NO5. The Balaban J connectivity index is 1.87. The van der Waals surface area contributed by atoms with Crippen LogP contribution in [0.5, 0.6) is 5.75 Å². The van der Waals surface area contributed by atoms with Gasteiger partial charge in [0.15, 0.2) is 0 Å². The lowest BCUT2D eigenvalue weighted by Crippen LogP contribution is -2.25. The number of esters is 1. The van der Waals surface area contributed by atoms with Crippen LogP contribution in [0, 0.1) is 16.0 Å². The average molecular weight is 327 g/mol. The molecule has 124 valence electrons. The van der Waals surface area contributed by atoms with Gasteiger partial charge in [0.05, 0.1) is 11.5 Å². The fourth-order valence-corrected chi connectivity index (χ4v) is 2.95. The molecule has 1 aliphatic rings. The van der Waals surface area contributed by atoms with Gasteiger partial charge in [-0.3, -0.25) is 14.9 Å². The Morgan fingerprint density at radius 3 is 2.58 bits per heavy atom. The number of carbonyl (C=O) groups excluding carboxylic acids is 1. The Labute approximate surface area is 139 Å². The molecular weight excluding hydrogens is 310 g/mol. The van der Waals surface area contributed by atoms with Crippen LogP contribution < -0.4 is 4.74 Å². The second-order valence-corrected chi connectivity index (χ2v) is 5.55. The van der Waals surface area contributed by atoms with Crippen molar-refractivity contribution in [3.05, 3.63) is 69.8 Å². The van der Waals surface area contributed by atoms with Gasteiger partial charge in [-0.25, -0.2) is 0 Å². The summed E-state index contributed by atoms with van der Waals surface area (Å²) in [7, 11) is 0. The zero-order chi connectivity index (χ0) is 17.1. The van der Waals surface area contributed by atoms with Gasteiger partial charge in [0, 0.05) is 12.1 Å². The number of nitro benzene ring substituents is 1. The van der Waals surface area contributed by atoms with Gasteiger partial charge in [0.1, 0.15) is 17.8 Å². The number of fused-ring (bicyclic) bond motifs is 1. The standard InChI is InChI=1S/C18H17NO5/c1-2-23-18(20)16-11-12-5-3-4-6-15(12)17(16)24-14-9-7-13(8-10-14)19(21)22/h3-10,16-17H,2,11H2,1H3. The maximum absolute atomic E-state index is 12.3. The predicted octanol–water partition coefficient (Wildman–Crippen LogP) is 3.45. The Hall–Kier alpha value is -2.89. The molecule has 1 aliphatic carbocycles. The van der Waals surface area contributed by atoms with Gasteiger partial charge in [0.2, 0.25) is 0 Å². The highest BCUT2D eigenvalue weighted by atomic mass is 16.6. The average Bonchev–Trinajstić information content (AvgIpc) is 2.94. The number of rotatable bonds is 5. The van der Waals surface area contributed by atoms with Crippen molar-refractivity contribution >= 4 is 11.7 Å². The zero-order valence-corrected chi connectivity index (χ0v) is 13.2. The third kappa shape index (κ3) is 3.08. The van der Waals surface area contributed by atoms with E-state index in [1.54, 1.807) is 19.1 Å². The summed E-state index contributed by atoms with van der Waals surface area (Å²) in [6.45, 7) is 2.09. The molecule has 0 aromatic heterocycles. The Bertz CT molecular complexity index is 756. The van der Waals surface area contributed by atoms with E-state index in [9.17, 15) is 14.9 Å². The number of hydrogen-bond acceptors (Lipinski definition) is 5. The van der Waals surface area contributed by atoms with Crippen LogP contribution in [0.15, 0.2) is 48.5 Å². The monoisotopic (exact) mass is 327 g/mol. The van der Waals surface area contributed by atoms with Crippen molar-refractivity contribution in [2.24, 2.45) is 5.92 Å². The molecule has 0 spiro atoms. The number of nitro groups is 1. The van der Waals surface area contributed by atoms with Crippen molar-refractivity contribution in [1.82, 2.24) is 0 Å². The first kappa shape index (κ1) is 16.0. The van der Waals surface area contributed by atoms with Crippen LogP contribution in [0.3, 0.4) is 0 Å². The SMILES string of the molecule is CCOC(=O)C1Cc2ccccc2C1Oc1ccc([N+](=O)[O-])cc1. The summed E-state index contributed by atoms with van der Waals surface area (Å²) in [6.07, 6.45) is 0.105. The highest BCUT2D eigenvalue weighted by molar-refractivity contribution is 5.75. The maximum atomic E-state index is 12.3. The lowest BCUT2D eigenvalue weighted by Gasteiger charge is -2.21. The molecule has 3 rings (SSSR count). The molecule has 0 saturated carbocycles. The summed E-state index contributed by atoms with van der Waals surface area (Å²) in [4.78, 5) is 22.5. The summed E-state index contributed by atoms with van der Waals surface area (Å²) < 4.78 is 11.2.